The molecule has 0 aliphatic heterocycles. The first-order chi connectivity index (χ1) is 9.20. The second-order valence-electron chi connectivity index (χ2n) is 5.65. The molecule has 2 heteroatoms. The minimum Gasteiger partial charge on any atom is -0.316 e. The highest BCUT2D eigenvalue weighted by Crippen LogP contribution is 2.30. The van der Waals surface area contributed by atoms with Gasteiger partial charge < -0.3 is 5.32 Å². The number of hydrogen-bond acceptors (Lipinski definition) is 2. The largest absolute Gasteiger partial charge is 0.316 e. The molecule has 0 aliphatic carbocycles. The molecule has 0 aliphatic rings. The zero-order valence-corrected chi connectivity index (χ0v) is 13.6. The van der Waals surface area contributed by atoms with Crippen molar-refractivity contribution in [3.8, 4) is 0 Å². The van der Waals surface area contributed by atoms with E-state index in [1.807, 2.05) is 11.8 Å². The Balaban J connectivity index is 2.35. The summed E-state index contributed by atoms with van der Waals surface area (Å²) in [5.74, 6) is 1.22. The van der Waals surface area contributed by atoms with Gasteiger partial charge in [0.2, 0.25) is 0 Å². The van der Waals surface area contributed by atoms with Crippen LogP contribution in [0.25, 0.3) is 0 Å². The highest BCUT2D eigenvalue weighted by Gasteiger charge is 2.22. The van der Waals surface area contributed by atoms with Crippen LogP contribution in [0.15, 0.2) is 35.2 Å². The molecule has 0 heterocycles. The molecule has 1 atom stereocenters. The van der Waals surface area contributed by atoms with Crippen LogP contribution in [-0.4, -0.2) is 18.8 Å². The van der Waals surface area contributed by atoms with E-state index >= 15 is 0 Å². The van der Waals surface area contributed by atoms with Crippen molar-refractivity contribution >= 4 is 11.8 Å². The van der Waals surface area contributed by atoms with Crippen LogP contribution in [0.4, 0.5) is 0 Å². The predicted octanol–water partition coefficient (Wildman–Crippen LogP) is 4.97. The topological polar surface area (TPSA) is 12.0 Å². The van der Waals surface area contributed by atoms with Gasteiger partial charge in [0, 0.05) is 11.4 Å². The summed E-state index contributed by atoms with van der Waals surface area (Å²) in [6.45, 7) is 9.26. The normalized spacial score (nSPS) is 14.3. The molecule has 0 bridgehead atoms. The molecule has 0 radical (unpaired) electrons. The Labute approximate surface area is 123 Å². The molecule has 0 saturated heterocycles. The van der Waals surface area contributed by atoms with Crippen molar-refractivity contribution in [2.45, 2.75) is 51.3 Å². The smallest absolute Gasteiger partial charge is 0.00719 e. The third-order valence-electron chi connectivity index (χ3n) is 3.55. The zero-order chi connectivity index (χ0) is 14.0. The van der Waals surface area contributed by atoms with E-state index in [9.17, 15) is 0 Å². The summed E-state index contributed by atoms with van der Waals surface area (Å²) in [4.78, 5) is 1.39. The number of nitrogens with one attached hydrogen (secondary N) is 1. The Bertz CT molecular complexity index is 325. The molecule has 0 spiro atoms. The standard InChI is InChI=1S/C17H29NS/c1-4-11-17(3,15-18-13-5-2)12-14-19-16-9-7-6-8-10-16/h6-10,18H,4-5,11-15H2,1-3H3. The molecule has 1 rings (SSSR count). The van der Waals surface area contributed by atoms with Crippen molar-refractivity contribution in [1.82, 2.24) is 5.32 Å². The molecule has 1 N–H and O–H groups in total. The van der Waals surface area contributed by atoms with Gasteiger partial charge in [0.25, 0.3) is 0 Å². The van der Waals surface area contributed by atoms with Gasteiger partial charge in [-0.1, -0.05) is 45.4 Å². The molecule has 0 amide bonds. The van der Waals surface area contributed by atoms with Crippen molar-refractivity contribution in [2.24, 2.45) is 5.41 Å². The minimum atomic E-state index is 0.450. The lowest BCUT2D eigenvalue weighted by atomic mass is 9.83. The van der Waals surface area contributed by atoms with Gasteiger partial charge in [-0.2, -0.15) is 0 Å². The number of rotatable bonds is 10. The summed E-state index contributed by atoms with van der Waals surface area (Å²) >= 11 is 1.98. The third-order valence-corrected chi connectivity index (χ3v) is 4.56. The SMILES string of the molecule is CCCNCC(C)(CCC)CCSc1ccccc1. The summed E-state index contributed by atoms with van der Waals surface area (Å²) in [6.07, 6.45) is 5.11. The van der Waals surface area contributed by atoms with E-state index in [4.69, 9.17) is 0 Å². The minimum absolute atomic E-state index is 0.450. The Kier molecular flexibility index (Phi) is 8.24. The summed E-state index contributed by atoms with van der Waals surface area (Å²) in [5, 5.41) is 3.60. The molecule has 0 aromatic heterocycles. The molecular formula is C17H29NS. The number of benzene rings is 1. The van der Waals surface area contributed by atoms with Gasteiger partial charge in [-0.25, -0.2) is 0 Å². The van der Waals surface area contributed by atoms with Crippen LogP contribution in [0.1, 0.15) is 46.5 Å². The highest BCUT2D eigenvalue weighted by molar-refractivity contribution is 7.99. The average molecular weight is 279 g/mol. The quantitative estimate of drug-likeness (QED) is 0.479. The lowest BCUT2D eigenvalue weighted by molar-refractivity contribution is 0.269. The molecule has 108 valence electrons. The summed E-state index contributed by atoms with van der Waals surface area (Å²) in [5.41, 5.74) is 0.450. The van der Waals surface area contributed by atoms with E-state index in [-0.39, 0.29) is 0 Å². The molecule has 1 aromatic rings. The number of thioether (sulfide) groups is 1. The van der Waals surface area contributed by atoms with Crippen LogP contribution < -0.4 is 5.32 Å². The first-order valence-electron chi connectivity index (χ1n) is 7.59. The van der Waals surface area contributed by atoms with Crippen LogP contribution in [0.2, 0.25) is 0 Å². The van der Waals surface area contributed by atoms with Gasteiger partial charge in [0.1, 0.15) is 0 Å². The van der Waals surface area contributed by atoms with E-state index < -0.39 is 0 Å². The van der Waals surface area contributed by atoms with Gasteiger partial charge in [-0.15, -0.1) is 11.8 Å². The van der Waals surface area contributed by atoms with Crippen LogP contribution in [-0.2, 0) is 0 Å². The van der Waals surface area contributed by atoms with Crippen LogP contribution in [0.5, 0.6) is 0 Å². The van der Waals surface area contributed by atoms with E-state index in [1.54, 1.807) is 0 Å². The summed E-state index contributed by atoms with van der Waals surface area (Å²) in [6, 6.07) is 10.7. The van der Waals surface area contributed by atoms with Crippen molar-refractivity contribution in [3.05, 3.63) is 30.3 Å². The van der Waals surface area contributed by atoms with Crippen LogP contribution >= 0.6 is 11.8 Å². The molecular weight excluding hydrogens is 250 g/mol. The fourth-order valence-electron chi connectivity index (χ4n) is 2.40. The van der Waals surface area contributed by atoms with E-state index in [0.29, 0.717) is 5.41 Å². The first kappa shape index (κ1) is 16.6. The lowest BCUT2D eigenvalue weighted by Crippen LogP contribution is -2.32. The monoisotopic (exact) mass is 279 g/mol. The molecule has 1 aromatic carbocycles. The Morgan fingerprint density at radius 3 is 2.42 bits per heavy atom. The molecule has 1 nitrogen and oxygen atoms in total. The number of hydrogen-bond donors (Lipinski definition) is 1. The maximum atomic E-state index is 3.60. The van der Waals surface area contributed by atoms with Gasteiger partial charge >= 0.3 is 0 Å². The zero-order valence-electron chi connectivity index (χ0n) is 12.7. The fraction of sp³-hybridized carbons (Fsp3) is 0.647. The Morgan fingerprint density at radius 1 is 1.05 bits per heavy atom. The van der Waals surface area contributed by atoms with E-state index in [0.717, 1.165) is 13.1 Å². The summed E-state index contributed by atoms with van der Waals surface area (Å²) in [7, 11) is 0. The molecule has 0 saturated carbocycles. The van der Waals surface area contributed by atoms with Gasteiger partial charge in [-0.3, -0.25) is 0 Å². The second-order valence-corrected chi connectivity index (χ2v) is 6.82. The van der Waals surface area contributed by atoms with Gasteiger partial charge in [0.05, 0.1) is 0 Å². The third kappa shape index (κ3) is 7.03. The van der Waals surface area contributed by atoms with Gasteiger partial charge in [0.15, 0.2) is 0 Å². The van der Waals surface area contributed by atoms with E-state index in [2.05, 4.69) is 56.4 Å². The van der Waals surface area contributed by atoms with Crippen LogP contribution in [0, 0.1) is 5.41 Å². The Hall–Kier alpha value is -0.470. The highest BCUT2D eigenvalue weighted by atomic mass is 32.2. The Morgan fingerprint density at radius 2 is 1.79 bits per heavy atom. The molecule has 0 fully saturated rings. The van der Waals surface area contributed by atoms with Crippen molar-refractivity contribution in [1.29, 1.82) is 0 Å². The van der Waals surface area contributed by atoms with Crippen molar-refractivity contribution < 1.29 is 0 Å². The van der Waals surface area contributed by atoms with Gasteiger partial charge in [-0.05, 0) is 49.1 Å². The van der Waals surface area contributed by atoms with Crippen molar-refractivity contribution in [2.75, 3.05) is 18.8 Å². The van der Waals surface area contributed by atoms with Crippen molar-refractivity contribution in [3.63, 3.8) is 0 Å². The van der Waals surface area contributed by atoms with E-state index in [1.165, 1.54) is 36.3 Å². The fourth-order valence-corrected chi connectivity index (χ4v) is 3.58. The van der Waals surface area contributed by atoms with Crippen LogP contribution in [0.3, 0.4) is 0 Å². The molecule has 19 heavy (non-hydrogen) atoms. The lowest BCUT2D eigenvalue weighted by Gasteiger charge is -2.29. The predicted molar refractivity (Wildman–Crippen MR) is 88.0 cm³/mol. The molecule has 1 unspecified atom stereocenters. The summed E-state index contributed by atoms with van der Waals surface area (Å²) < 4.78 is 0. The maximum absolute atomic E-state index is 3.60. The maximum Gasteiger partial charge on any atom is 0.00719 e. The second kappa shape index (κ2) is 9.44. The average Bonchev–Trinajstić information content (AvgIpc) is 2.40. The first-order valence-corrected chi connectivity index (χ1v) is 8.57.